The highest BCUT2D eigenvalue weighted by Gasteiger charge is 2.38. The van der Waals surface area contributed by atoms with E-state index in [1.165, 1.54) is 35.3 Å². The Balaban J connectivity index is 1.94. The number of nitrogens with zero attached hydrogens (tertiary/aromatic N) is 3. The largest absolute Gasteiger partial charge is 0.371 e. The number of hydrogen-bond acceptors (Lipinski definition) is 4. The fraction of sp³-hybridized carbons (Fsp3) is 0.667. The normalized spacial score (nSPS) is 19.5. The molecule has 1 saturated heterocycles. The van der Waals surface area contributed by atoms with E-state index in [1.54, 1.807) is 4.90 Å². The number of carbonyl (C=O) groups is 1. The van der Waals surface area contributed by atoms with Gasteiger partial charge in [0, 0.05) is 6.54 Å². The highest BCUT2D eigenvalue weighted by Crippen LogP contribution is 2.30. The van der Waals surface area contributed by atoms with Crippen LogP contribution in [0.1, 0.15) is 32.6 Å². The number of aliphatic hydroxyl groups is 1. The molecule has 1 aliphatic rings. The Morgan fingerprint density at radius 1 is 1.53 bits per heavy atom. The smallest absolute Gasteiger partial charge is 0.328 e. The number of thiazole rings is 1. The maximum Gasteiger partial charge on any atom is 0.328 e. The molecule has 1 aromatic rings. The second-order valence-corrected chi connectivity index (χ2v) is 6.23. The lowest BCUT2D eigenvalue weighted by Crippen LogP contribution is -2.35. The SMILES string of the molecule is CCCCCCN1CC(O)N(c2ncc(Cl)s2)C1=O. The predicted molar refractivity (Wildman–Crippen MR) is 76.7 cm³/mol. The number of amides is 2. The summed E-state index contributed by atoms with van der Waals surface area (Å²) in [5.41, 5.74) is 0. The topological polar surface area (TPSA) is 56.7 Å². The molecule has 1 aliphatic heterocycles. The zero-order valence-corrected chi connectivity index (χ0v) is 12.5. The van der Waals surface area contributed by atoms with Crippen LogP contribution in [0.15, 0.2) is 6.20 Å². The molecule has 1 atom stereocenters. The highest BCUT2D eigenvalue weighted by atomic mass is 35.5. The zero-order valence-electron chi connectivity index (χ0n) is 10.9. The van der Waals surface area contributed by atoms with E-state index in [0.29, 0.717) is 22.6 Å². The first-order chi connectivity index (χ1) is 9.13. The van der Waals surface area contributed by atoms with E-state index in [0.717, 1.165) is 12.8 Å². The van der Waals surface area contributed by atoms with Crippen LogP contribution in [0.2, 0.25) is 4.34 Å². The van der Waals surface area contributed by atoms with E-state index >= 15 is 0 Å². The molecule has 1 aromatic heterocycles. The van der Waals surface area contributed by atoms with Crippen LogP contribution in [-0.2, 0) is 0 Å². The van der Waals surface area contributed by atoms with Gasteiger partial charge in [-0.1, -0.05) is 49.1 Å². The number of aliphatic hydroxyl groups excluding tert-OH is 1. The van der Waals surface area contributed by atoms with Crippen LogP contribution in [-0.4, -0.2) is 40.3 Å². The first kappa shape index (κ1) is 14.6. The van der Waals surface area contributed by atoms with Crippen LogP contribution in [0.4, 0.5) is 9.93 Å². The molecule has 2 amide bonds. The number of halogens is 1. The minimum absolute atomic E-state index is 0.185. The highest BCUT2D eigenvalue weighted by molar-refractivity contribution is 7.19. The van der Waals surface area contributed by atoms with E-state index in [-0.39, 0.29) is 6.03 Å². The molecule has 0 aliphatic carbocycles. The number of carbonyl (C=O) groups excluding carboxylic acids is 1. The molecule has 0 bridgehead atoms. The number of urea groups is 1. The summed E-state index contributed by atoms with van der Waals surface area (Å²) >= 11 is 7.01. The zero-order chi connectivity index (χ0) is 13.8. The van der Waals surface area contributed by atoms with E-state index in [1.807, 2.05) is 0 Å². The third kappa shape index (κ3) is 3.38. The summed E-state index contributed by atoms with van der Waals surface area (Å²) in [6, 6.07) is -0.185. The van der Waals surface area contributed by atoms with Gasteiger partial charge in [0.2, 0.25) is 0 Å². The van der Waals surface area contributed by atoms with Crippen molar-refractivity contribution in [3.05, 3.63) is 10.5 Å². The van der Waals surface area contributed by atoms with Gasteiger partial charge in [0.15, 0.2) is 11.4 Å². The minimum Gasteiger partial charge on any atom is -0.371 e. The van der Waals surface area contributed by atoms with Crippen molar-refractivity contribution >= 4 is 34.1 Å². The molecule has 0 saturated carbocycles. The molecule has 7 heteroatoms. The monoisotopic (exact) mass is 303 g/mol. The molecule has 1 fully saturated rings. The molecule has 0 spiro atoms. The molecular formula is C12H18ClN3O2S. The Hall–Kier alpha value is -0.850. The Labute approximate surface area is 121 Å². The summed E-state index contributed by atoms with van der Waals surface area (Å²) < 4.78 is 0.511. The van der Waals surface area contributed by atoms with E-state index < -0.39 is 6.23 Å². The van der Waals surface area contributed by atoms with Crippen molar-refractivity contribution in [2.45, 2.75) is 38.8 Å². The fourth-order valence-corrected chi connectivity index (χ4v) is 3.06. The summed E-state index contributed by atoms with van der Waals surface area (Å²) in [7, 11) is 0. The van der Waals surface area contributed by atoms with Gasteiger partial charge in [-0.2, -0.15) is 0 Å². The van der Waals surface area contributed by atoms with Crippen molar-refractivity contribution < 1.29 is 9.90 Å². The van der Waals surface area contributed by atoms with Crippen molar-refractivity contribution in [3.63, 3.8) is 0 Å². The Bertz CT molecular complexity index is 440. The summed E-state index contributed by atoms with van der Waals surface area (Å²) in [5, 5.41) is 10.4. The third-order valence-corrected chi connectivity index (χ3v) is 4.23. The number of β-amino-alcohol motifs (C(OH)–C–C–N with tert-alkyl or cyclic N) is 1. The molecule has 106 valence electrons. The maximum absolute atomic E-state index is 12.2. The van der Waals surface area contributed by atoms with Gasteiger partial charge in [-0.3, -0.25) is 0 Å². The lowest BCUT2D eigenvalue weighted by molar-refractivity contribution is 0.176. The molecule has 2 heterocycles. The van der Waals surface area contributed by atoms with Crippen LogP contribution >= 0.6 is 22.9 Å². The van der Waals surface area contributed by atoms with E-state index in [2.05, 4.69) is 11.9 Å². The predicted octanol–water partition coefficient (Wildman–Crippen LogP) is 2.94. The van der Waals surface area contributed by atoms with Gasteiger partial charge in [0.1, 0.15) is 4.34 Å². The van der Waals surface area contributed by atoms with Gasteiger partial charge in [-0.25, -0.2) is 14.7 Å². The van der Waals surface area contributed by atoms with Crippen LogP contribution in [0.3, 0.4) is 0 Å². The summed E-state index contributed by atoms with van der Waals surface area (Å²) in [6.45, 7) is 3.17. The number of rotatable bonds is 6. The lowest BCUT2D eigenvalue weighted by Gasteiger charge is -2.16. The van der Waals surface area contributed by atoms with Gasteiger partial charge in [0.25, 0.3) is 0 Å². The second-order valence-electron chi connectivity index (χ2n) is 4.59. The van der Waals surface area contributed by atoms with E-state index in [4.69, 9.17) is 11.6 Å². The molecule has 0 aromatic carbocycles. The molecule has 2 rings (SSSR count). The summed E-state index contributed by atoms with van der Waals surface area (Å²) in [5.74, 6) is 0. The van der Waals surface area contributed by atoms with Gasteiger partial charge in [-0.05, 0) is 6.42 Å². The molecule has 19 heavy (non-hydrogen) atoms. The first-order valence-corrected chi connectivity index (χ1v) is 7.70. The molecule has 1 N–H and O–H groups in total. The van der Waals surface area contributed by atoms with Gasteiger partial charge in [-0.15, -0.1) is 0 Å². The van der Waals surface area contributed by atoms with Crippen molar-refractivity contribution in [3.8, 4) is 0 Å². The standard InChI is InChI=1S/C12H18ClN3O2S/c1-2-3-4-5-6-15-8-10(17)16(12(15)18)11-14-7-9(13)19-11/h7,10,17H,2-6,8H2,1H3. The van der Waals surface area contributed by atoms with E-state index in [9.17, 15) is 9.90 Å². The van der Waals surface area contributed by atoms with Crippen molar-refractivity contribution in [2.24, 2.45) is 0 Å². The molecular weight excluding hydrogens is 286 g/mol. The van der Waals surface area contributed by atoms with Gasteiger partial charge < -0.3 is 10.0 Å². The summed E-state index contributed by atoms with van der Waals surface area (Å²) in [4.78, 5) is 19.2. The van der Waals surface area contributed by atoms with Crippen LogP contribution < -0.4 is 4.90 Å². The Morgan fingerprint density at radius 2 is 2.32 bits per heavy atom. The average Bonchev–Trinajstić information content (AvgIpc) is 2.90. The van der Waals surface area contributed by atoms with Crippen molar-refractivity contribution in [1.29, 1.82) is 0 Å². The number of hydrogen-bond donors (Lipinski definition) is 1. The van der Waals surface area contributed by atoms with Gasteiger partial charge in [0.05, 0.1) is 12.7 Å². The molecule has 5 nitrogen and oxygen atoms in total. The average molecular weight is 304 g/mol. The maximum atomic E-state index is 12.2. The van der Waals surface area contributed by atoms with Crippen molar-refractivity contribution in [2.75, 3.05) is 18.0 Å². The minimum atomic E-state index is -0.833. The van der Waals surface area contributed by atoms with Crippen LogP contribution in [0.25, 0.3) is 0 Å². The lowest BCUT2D eigenvalue weighted by atomic mass is 10.2. The quantitative estimate of drug-likeness (QED) is 0.822. The summed E-state index contributed by atoms with van der Waals surface area (Å²) in [6.07, 6.45) is 5.08. The number of anilines is 1. The number of aromatic nitrogens is 1. The van der Waals surface area contributed by atoms with Crippen molar-refractivity contribution in [1.82, 2.24) is 9.88 Å². The van der Waals surface area contributed by atoms with Crippen LogP contribution in [0.5, 0.6) is 0 Å². The van der Waals surface area contributed by atoms with Gasteiger partial charge >= 0.3 is 6.03 Å². The van der Waals surface area contributed by atoms with Crippen LogP contribution in [0, 0.1) is 0 Å². The Morgan fingerprint density at radius 3 is 2.95 bits per heavy atom. The second kappa shape index (κ2) is 6.54. The Kier molecular flexibility index (Phi) is 5.01. The number of unbranched alkanes of at least 4 members (excludes halogenated alkanes) is 3. The first-order valence-electron chi connectivity index (χ1n) is 6.51. The third-order valence-electron chi connectivity index (χ3n) is 3.11. The molecule has 1 unspecified atom stereocenters. The fourth-order valence-electron chi connectivity index (χ4n) is 2.12. The molecule has 0 radical (unpaired) electrons.